The first-order valence-electron chi connectivity index (χ1n) is 8.48. The number of hydrogen-bond donors (Lipinski definition) is 1. The number of hydrogen-bond acceptors (Lipinski definition) is 2. The van der Waals surface area contributed by atoms with Gasteiger partial charge in [0.15, 0.2) is 0 Å². The van der Waals surface area contributed by atoms with E-state index in [0.29, 0.717) is 39.0 Å². The summed E-state index contributed by atoms with van der Waals surface area (Å²) < 4.78 is 93.6. The maximum absolute atomic E-state index is 14.6. The van der Waals surface area contributed by atoms with Crippen molar-refractivity contribution in [2.24, 2.45) is 0 Å². The Morgan fingerprint density at radius 3 is 2.04 bits per heavy atom. The van der Waals surface area contributed by atoms with E-state index in [1.54, 1.807) is 4.90 Å². The first-order valence-corrected chi connectivity index (χ1v) is 8.48. The summed E-state index contributed by atoms with van der Waals surface area (Å²) in [6, 6.07) is -0.707. The molecule has 1 aromatic rings. The summed E-state index contributed by atoms with van der Waals surface area (Å²) in [4.78, 5) is 1.72. The highest BCUT2D eigenvalue weighted by molar-refractivity contribution is 5.85. The summed E-state index contributed by atoms with van der Waals surface area (Å²) in [6.45, 7) is 3.74. The first-order chi connectivity index (χ1) is 12.1. The number of nitrogens with one attached hydrogen (secondary N) is 1. The largest absolute Gasteiger partial charge is 0.416 e. The maximum Gasteiger partial charge on any atom is 0.416 e. The third kappa shape index (κ3) is 6.64. The molecule has 0 amide bonds. The molecule has 11 heteroatoms. The molecule has 1 heterocycles. The highest BCUT2D eigenvalue weighted by Gasteiger charge is 2.42. The van der Waals surface area contributed by atoms with Crippen molar-refractivity contribution in [1.29, 1.82) is 0 Å². The van der Waals surface area contributed by atoms with Crippen molar-refractivity contribution in [2.45, 2.75) is 44.6 Å². The van der Waals surface area contributed by atoms with Crippen molar-refractivity contribution < 1.29 is 30.7 Å². The lowest BCUT2D eigenvalue weighted by Crippen LogP contribution is -2.45. The van der Waals surface area contributed by atoms with E-state index in [2.05, 4.69) is 5.32 Å². The van der Waals surface area contributed by atoms with Crippen LogP contribution in [-0.4, -0.2) is 31.1 Å². The molecule has 0 unspecified atom stereocenters. The van der Waals surface area contributed by atoms with Gasteiger partial charge in [-0.05, 0) is 18.6 Å². The second-order valence-corrected chi connectivity index (χ2v) is 6.36. The van der Waals surface area contributed by atoms with E-state index in [0.717, 1.165) is 0 Å². The van der Waals surface area contributed by atoms with Crippen LogP contribution in [0.25, 0.3) is 0 Å². The van der Waals surface area contributed by atoms with Crippen molar-refractivity contribution in [2.75, 3.05) is 26.2 Å². The standard InChI is InChI=1S/C17H21F7N2.2ClH/c1-2-3-4-14(26-7-5-25-6-8-26)15-12(17(22,23)24)9-11(10-13(15)18)16(19,20)21;;/h9-10,14,25H,2-8H2,1H3;2*1H/t14-;;/m0../s1. The van der Waals surface area contributed by atoms with Gasteiger partial charge in [0.1, 0.15) is 5.82 Å². The molecule has 1 N–H and O–H groups in total. The van der Waals surface area contributed by atoms with Gasteiger partial charge < -0.3 is 5.32 Å². The van der Waals surface area contributed by atoms with Gasteiger partial charge in [0, 0.05) is 37.8 Å². The van der Waals surface area contributed by atoms with E-state index >= 15 is 0 Å². The van der Waals surface area contributed by atoms with Gasteiger partial charge in [-0.1, -0.05) is 19.8 Å². The highest BCUT2D eigenvalue weighted by Crippen LogP contribution is 2.43. The van der Waals surface area contributed by atoms with Gasteiger partial charge in [-0.3, -0.25) is 4.90 Å². The summed E-state index contributed by atoms with van der Waals surface area (Å²) in [5, 5.41) is 3.06. The zero-order valence-corrected chi connectivity index (χ0v) is 16.7. The van der Waals surface area contributed by atoms with E-state index in [1.807, 2.05) is 6.92 Å². The minimum absolute atomic E-state index is 0. The van der Waals surface area contributed by atoms with Crippen molar-refractivity contribution in [3.8, 4) is 0 Å². The molecule has 1 aromatic carbocycles. The number of halogens is 9. The molecule has 1 fully saturated rings. The summed E-state index contributed by atoms with van der Waals surface area (Å²) in [7, 11) is 0. The predicted molar refractivity (Wildman–Crippen MR) is 97.6 cm³/mol. The van der Waals surface area contributed by atoms with Crippen LogP contribution in [0.4, 0.5) is 30.7 Å². The Balaban J connectivity index is 0.00000364. The Labute approximate surface area is 171 Å². The van der Waals surface area contributed by atoms with Crippen LogP contribution in [0.3, 0.4) is 0 Å². The van der Waals surface area contributed by atoms with Gasteiger partial charge in [-0.2, -0.15) is 26.3 Å². The molecule has 0 saturated carbocycles. The molecule has 0 aromatic heterocycles. The Kier molecular flexibility index (Phi) is 10.6. The van der Waals surface area contributed by atoms with Crippen molar-refractivity contribution in [1.82, 2.24) is 10.2 Å². The molecule has 164 valence electrons. The molecule has 1 aliphatic heterocycles. The smallest absolute Gasteiger partial charge is 0.314 e. The van der Waals surface area contributed by atoms with E-state index in [1.165, 1.54) is 0 Å². The van der Waals surface area contributed by atoms with Gasteiger partial charge in [-0.15, -0.1) is 24.8 Å². The fraction of sp³-hybridized carbons (Fsp3) is 0.647. The third-order valence-electron chi connectivity index (χ3n) is 4.52. The van der Waals surface area contributed by atoms with Gasteiger partial charge in [-0.25, -0.2) is 4.39 Å². The number of unbranched alkanes of at least 4 members (excludes halogenated alkanes) is 1. The Bertz CT molecular complexity index is 615. The number of alkyl halides is 6. The average molecular weight is 459 g/mol. The van der Waals surface area contributed by atoms with E-state index in [9.17, 15) is 30.7 Å². The van der Waals surface area contributed by atoms with Gasteiger partial charge in [0.25, 0.3) is 0 Å². The highest BCUT2D eigenvalue weighted by atomic mass is 35.5. The van der Waals surface area contributed by atoms with Crippen molar-refractivity contribution in [3.05, 3.63) is 34.6 Å². The number of nitrogens with zero attached hydrogens (tertiary/aromatic N) is 1. The molecule has 0 spiro atoms. The minimum Gasteiger partial charge on any atom is -0.314 e. The van der Waals surface area contributed by atoms with E-state index in [4.69, 9.17) is 0 Å². The molecule has 2 rings (SSSR count). The fourth-order valence-electron chi connectivity index (χ4n) is 3.26. The van der Waals surface area contributed by atoms with E-state index < -0.39 is 40.9 Å². The summed E-state index contributed by atoms with van der Waals surface area (Å²) in [5.74, 6) is -1.45. The maximum atomic E-state index is 14.6. The van der Waals surface area contributed by atoms with Crippen LogP contribution in [0, 0.1) is 5.82 Å². The predicted octanol–water partition coefficient (Wildman–Crippen LogP) is 5.84. The molecule has 1 aliphatic rings. The van der Waals surface area contributed by atoms with Gasteiger partial charge in [0.2, 0.25) is 0 Å². The monoisotopic (exact) mass is 458 g/mol. The SMILES string of the molecule is CCCC[C@@H](c1c(F)cc(C(F)(F)F)cc1C(F)(F)F)N1CCNCC1.Cl.Cl. The Hall–Kier alpha value is -0.770. The van der Waals surface area contributed by atoms with Gasteiger partial charge in [0.05, 0.1) is 11.1 Å². The number of benzene rings is 1. The molecule has 1 atom stereocenters. The molecule has 1 saturated heterocycles. The normalized spacial score (nSPS) is 16.9. The molecule has 0 radical (unpaired) electrons. The fourth-order valence-corrected chi connectivity index (χ4v) is 3.26. The second-order valence-electron chi connectivity index (χ2n) is 6.36. The lowest BCUT2D eigenvalue weighted by atomic mass is 9.91. The van der Waals surface area contributed by atoms with Crippen molar-refractivity contribution in [3.63, 3.8) is 0 Å². The Morgan fingerprint density at radius 2 is 1.57 bits per heavy atom. The second kappa shape index (κ2) is 10.8. The molecular weight excluding hydrogens is 436 g/mol. The first kappa shape index (κ1) is 27.2. The van der Waals surface area contributed by atoms with Crippen LogP contribution in [0.2, 0.25) is 0 Å². The number of rotatable bonds is 5. The van der Waals surface area contributed by atoms with Crippen LogP contribution in [0.1, 0.15) is 48.9 Å². The minimum atomic E-state index is -5.07. The van der Waals surface area contributed by atoms with Crippen LogP contribution in [0.15, 0.2) is 12.1 Å². The number of piperazine rings is 1. The topological polar surface area (TPSA) is 15.3 Å². The molecule has 0 bridgehead atoms. The van der Waals surface area contributed by atoms with Crippen molar-refractivity contribution >= 4 is 24.8 Å². The van der Waals surface area contributed by atoms with Crippen LogP contribution >= 0.6 is 24.8 Å². The lowest BCUT2D eigenvalue weighted by Gasteiger charge is -2.36. The Morgan fingerprint density at radius 1 is 1.00 bits per heavy atom. The molecular formula is C17H23Cl2F7N2. The molecule has 28 heavy (non-hydrogen) atoms. The zero-order valence-electron chi connectivity index (χ0n) is 15.1. The third-order valence-corrected chi connectivity index (χ3v) is 4.52. The zero-order chi connectivity index (χ0) is 19.5. The van der Waals surface area contributed by atoms with Crippen LogP contribution < -0.4 is 5.32 Å². The molecule has 0 aliphatic carbocycles. The summed E-state index contributed by atoms with van der Waals surface area (Å²) >= 11 is 0. The lowest BCUT2D eigenvalue weighted by molar-refractivity contribution is -0.144. The summed E-state index contributed by atoms with van der Waals surface area (Å²) in [5.41, 5.74) is -3.84. The van der Waals surface area contributed by atoms with E-state index in [-0.39, 0.29) is 43.4 Å². The van der Waals surface area contributed by atoms with Crippen LogP contribution in [-0.2, 0) is 12.4 Å². The summed E-state index contributed by atoms with van der Waals surface area (Å²) in [6.07, 6.45) is -8.64. The van der Waals surface area contributed by atoms with Crippen LogP contribution in [0.5, 0.6) is 0 Å². The van der Waals surface area contributed by atoms with Gasteiger partial charge >= 0.3 is 12.4 Å². The molecule has 2 nitrogen and oxygen atoms in total. The average Bonchev–Trinajstić information content (AvgIpc) is 2.55. The quantitative estimate of drug-likeness (QED) is 0.557.